The van der Waals surface area contributed by atoms with Gasteiger partial charge in [-0.3, -0.25) is 19.5 Å². The maximum Gasteiger partial charge on any atom is 0.227 e. The number of aromatic nitrogens is 1. The lowest BCUT2D eigenvalue weighted by Crippen LogP contribution is -2.57. The quantitative estimate of drug-likeness (QED) is 0.765. The maximum atomic E-state index is 13.0. The van der Waals surface area contributed by atoms with Crippen LogP contribution in [0.15, 0.2) is 24.5 Å². The average Bonchev–Trinajstić information content (AvgIpc) is 2.72. The number of piperidine rings is 1. The number of amides is 2. The summed E-state index contributed by atoms with van der Waals surface area (Å²) in [6.45, 7) is 5.61. The number of hydrogen-bond donors (Lipinski definition) is 0. The van der Waals surface area contributed by atoms with Crippen molar-refractivity contribution in [2.24, 2.45) is 11.3 Å². The molecule has 2 saturated carbocycles. The third-order valence-electron chi connectivity index (χ3n) is 8.18. The average molecular weight is 411 g/mol. The van der Waals surface area contributed by atoms with Crippen LogP contribution in [0.1, 0.15) is 50.5 Å². The fraction of sp³-hybridized carbons (Fsp3) is 0.708. The summed E-state index contributed by atoms with van der Waals surface area (Å²) in [7, 11) is 0. The number of piperazine rings is 1. The van der Waals surface area contributed by atoms with Crippen LogP contribution in [0.3, 0.4) is 0 Å². The van der Waals surface area contributed by atoms with Gasteiger partial charge in [-0.25, -0.2) is 0 Å². The molecule has 0 atom stereocenters. The Bertz CT molecular complexity index is 755. The van der Waals surface area contributed by atoms with E-state index < -0.39 is 0 Å². The van der Waals surface area contributed by atoms with Crippen molar-refractivity contribution in [1.82, 2.24) is 19.7 Å². The molecule has 4 aliphatic rings. The first kappa shape index (κ1) is 20.0. The zero-order valence-corrected chi connectivity index (χ0v) is 18.0. The van der Waals surface area contributed by atoms with Crippen LogP contribution in [-0.2, 0) is 16.0 Å². The topological polar surface area (TPSA) is 56.8 Å². The molecular weight excluding hydrogens is 376 g/mol. The SMILES string of the molecule is O=C(Cc1cccnc1)N1CCC2(CC1)CC(C(=O)N1CCN(C3CCC3)CC1)C2. The van der Waals surface area contributed by atoms with E-state index >= 15 is 0 Å². The van der Waals surface area contributed by atoms with Gasteiger partial charge in [-0.1, -0.05) is 12.5 Å². The summed E-state index contributed by atoms with van der Waals surface area (Å²) in [5, 5.41) is 0. The number of rotatable bonds is 4. The van der Waals surface area contributed by atoms with Crippen LogP contribution in [0, 0.1) is 11.3 Å². The van der Waals surface area contributed by atoms with E-state index in [4.69, 9.17) is 0 Å². The highest BCUT2D eigenvalue weighted by Gasteiger charge is 2.50. The lowest BCUT2D eigenvalue weighted by Gasteiger charge is -2.53. The van der Waals surface area contributed by atoms with Gasteiger partial charge < -0.3 is 9.80 Å². The summed E-state index contributed by atoms with van der Waals surface area (Å²) < 4.78 is 0. The summed E-state index contributed by atoms with van der Waals surface area (Å²) in [4.78, 5) is 36.4. The second kappa shape index (κ2) is 8.29. The number of nitrogens with zero attached hydrogens (tertiary/aromatic N) is 4. The van der Waals surface area contributed by atoms with E-state index in [2.05, 4.69) is 14.8 Å². The Balaban J connectivity index is 1.05. The van der Waals surface area contributed by atoms with Gasteiger partial charge in [0.1, 0.15) is 0 Å². The Morgan fingerprint density at radius 2 is 1.73 bits per heavy atom. The van der Waals surface area contributed by atoms with E-state index in [9.17, 15) is 9.59 Å². The minimum atomic E-state index is 0.203. The van der Waals surface area contributed by atoms with Gasteiger partial charge in [0, 0.05) is 63.6 Å². The van der Waals surface area contributed by atoms with Gasteiger partial charge in [0.15, 0.2) is 0 Å². The Morgan fingerprint density at radius 3 is 2.33 bits per heavy atom. The van der Waals surface area contributed by atoms with Gasteiger partial charge in [-0.05, 0) is 55.6 Å². The van der Waals surface area contributed by atoms with Crippen LogP contribution in [0.5, 0.6) is 0 Å². The molecule has 0 N–H and O–H groups in total. The molecule has 162 valence electrons. The number of pyridine rings is 1. The van der Waals surface area contributed by atoms with Crippen LogP contribution in [0.2, 0.25) is 0 Å². The first-order valence-electron chi connectivity index (χ1n) is 11.8. The predicted octanol–water partition coefficient (Wildman–Crippen LogP) is 2.34. The van der Waals surface area contributed by atoms with Gasteiger partial charge in [-0.15, -0.1) is 0 Å². The summed E-state index contributed by atoms with van der Waals surface area (Å²) in [6.07, 6.45) is 12.2. The molecule has 6 heteroatoms. The minimum Gasteiger partial charge on any atom is -0.342 e. The molecule has 1 aromatic heterocycles. The van der Waals surface area contributed by atoms with E-state index in [0.717, 1.165) is 76.6 Å². The van der Waals surface area contributed by atoms with Crippen LogP contribution < -0.4 is 0 Å². The van der Waals surface area contributed by atoms with Crippen LogP contribution in [0.4, 0.5) is 0 Å². The molecule has 4 fully saturated rings. The molecule has 30 heavy (non-hydrogen) atoms. The molecule has 1 aromatic rings. The predicted molar refractivity (Wildman–Crippen MR) is 115 cm³/mol. The summed E-state index contributed by atoms with van der Waals surface area (Å²) >= 11 is 0. The maximum absolute atomic E-state index is 13.0. The largest absolute Gasteiger partial charge is 0.342 e. The zero-order chi connectivity index (χ0) is 20.6. The van der Waals surface area contributed by atoms with Crippen molar-refractivity contribution < 1.29 is 9.59 Å². The van der Waals surface area contributed by atoms with E-state index in [1.165, 1.54) is 19.3 Å². The van der Waals surface area contributed by atoms with Crippen molar-refractivity contribution in [1.29, 1.82) is 0 Å². The molecule has 2 amide bonds. The number of carbonyl (C=O) groups excluding carboxylic acids is 2. The molecule has 6 nitrogen and oxygen atoms in total. The van der Waals surface area contributed by atoms with Crippen molar-refractivity contribution in [2.75, 3.05) is 39.3 Å². The van der Waals surface area contributed by atoms with Gasteiger partial charge in [-0.2, -0.15) is 0 Å². The van der Waals surface area contributed by atoms with E-state index in [1.54, 1.807) is 12.4 Å². The highest BCUT2D eigenvalue weighted by molar-refractivity contribution is 5.80. The van der Waals surface area contributed by atoms with Gasteiger partial charge in [0.25, 0.3) is 0 Å². The van der Waals surface area contributed by atoms with Crippen molar-refractivity contribution in [3.05, 3.63) is 30.1 Å². The van der Waals surface area contributed by atoms with E-state index in [1.807, 2.05) is 17.0 Å². The van der Waals surface area contributed by atoms with Crippen molar-refractivity contribution >= 4 is 11.8 Å². The van der Waals surface area contributed by atoms with Crippen LogP contribution in [0.25, 0.3) is 0 Å². The Kier molecular flexibility index (Phi) is 5.52. The normalized spacial score (nSPS) is 25.1. The third kappa shape index (κ3) is 3.98. The molecule has 0 unspecified atom stereocenters. The van der Waals surface area contributed by atoms with E-state index in [-0.39, 0.29) is 11.8 Å². The summed E-state index contributed by atoms with van der Waals surface area (Å²) in [6, 6.07) is 4.64. The van der Waals surface area contributed by atoms with Crippen molar-refractivity contribution in [2.45, 2.75) is 57.4 Å². The first-order chi connectivity index (χ1) is 14.6. The van der Waals surface area contributed by atoms with Crippen molar-refractivity contribution in [3.8, 4) is 0 Å². The summed E-state index contributed by atoms with van der Waals surface area (Å²) in [5.41, 5.74) is 1.29. The monoisotopic (exact) mass is 410 g/mol. The molecule has 2 aliphatic carbocycles. The molecule has 0 radical (unpaired) electrons. The lowest BCUT2D eigenvalue weighted by atomic mass is 9.57. The van der Waals surface area contributed by atoms with Gasteiger partial charge in [0.2, 0.25) is 11.8 Å². The molecular formula is C24H34N4O2. The van der Waals surface area contributed by atoms with Crippen LogP contribution in [-0.4, -0.2) is 76.8 Å². The molecule has 3 heterocycles. The Morgan fingerprint density at radius 1 is 1.00 bits per heavy atom. The van der Waals surface area contributed by atoms with E-state index in [0.29, 0.717) is 17.7 Å². The number of hydrogen-bond acceptors (Lipinski definition) is 4. The highest BCUT2D eigenvalue weighted by atomic mass is 16.2. The second-order valence-corrected chi connectivity index (χ2v) is 9.97. The van der Waals surface area contributed by atoms with Gasteiger partial charge in [0.05, 0.1) is 6.42 Å². The smallest absolute Gasteiger partial charge is 0.227 e. The minimum absolute atomic E-state index is 0.203. The zero-order valence-electron chi connectivity index (χ0n) is 18.0. The lowest BCUT2D eigenvalue weighted by molar-refractivity contribution is -0.150. The molecule has 2 aliphatic heterocycles. The summed E-state index contributed by atoms with van der Waals surface area (Å²) in [5.74, 6) is 0.816. The number of likely N-dealkylation sites (tertiary alicyclic amines) is 1. The number of carbonyl (C=O) groups is 2. The molecule has 0 aromatic carbocycles. The van der Waals surface area contributed by atoms with Crippen molar-refractivity contribution in [3.63, 3.8) is 0 Å². The first-order valence-corrected chi connectivity index (χ1v) is 11.8. The molecule has 5 rings (SSSR count). The molecule has 1 spiro atoms. The van der Waals surface area contributed by atoms with Crippen LogP contribution >= 0.6 is 0 Å². The fourth-order valence-corrected chi connectivity index (χ4v) is 5.91. The third-order valence-corrected chi connectivity index (χ3v) is 8.18. The molecule has 0 bridgehead atoms. The standard InChI is InChI=1S/C24H34N4O2/c29-22(15-19-3-2-8-25-18-19)27-9-6-24(7-10-27)16-20(17-24)23(30)28-13-11-26(12-14-28)21-4-1-5-21/h2-3,8,18,20-21H,1,4-7,9-17H2. The highest BCUT2D eigenvalue weighted by Crippen LogP contribution is 2.53. The second-order valence-electron chi connectivity index (χ2n) is 9.97. The Labute approximate surface area is 179 Å². The Hall–Kier alpha value is -1.95. The van der Waals surface area contributed by atoms with Gasteiger partial charge >= 0.3 is 0 Å². The molecule has 2 saturated heterocycles. The fourth-order valence-electron chi connectivity index (χ4n) is 5.91.